The van der Waals surface area contributed by atoms with E-state index < -0.39 is 28.8 Å². The fourth-order valence-electron chi connectivity index (χ4n) is 0.929. The maximum Gasteiger partial charge on any atom is 0.422 e. The van der Waals surface area contributed by atoms with Crippen LogP contribution in [0.2, 0.25) is 0 Å². The molecule has 76 valence electrons. The minimum atomic E-state index is -4.97. The zero-order chi connectivity index (χ0) is 10.9. The van der Waals surface area contributed by atoms with E-state index in [1.165, 1.54) is 0 Å². The first-order valence-corrected chi connectivity index (χ1v) is 3.36. The molecule has 0 atom stereocenters. The van der Waals surface area contributed by atoms with E-state index in [0.717, 1.165) is 6.20 Å². The van der Waals surface area contributed by atoms with Crippen LogP contribution in [0.15, 0.2) is 17.1 Å². The molecule has 1 heterocycles. The summed E-state index contributed by atoms with van der Waals surface area (Å²) >= 11 is 0. The van der Waals surface area contributed by atoms with Crippen LogP contribution in [0.5, 0.6) is 0 Å². The van der Waals surface area contributed by atoms with E-state index in [4.69, 9.17) is 5.11 Å². The number of rotatable bonds is 1. The standard InChI is InChI=1S/C7H4F3NO3/c8-7(9,10)4-3(12)1-2-11-5(4)6(13)14/h1-2H,(H,11,12)(H,13,14). The zero-order valence-electron chi connectivity index (χ0n) is 6.55. The lowest BCUT2D eigenvalue weighted by molar-refractivity contribution is -0.139. The highest BCUT2D eigenvalue weighted by molar-refractivity contribution is 5.87. The van der Waals surface area contributed by atoms with Gasteiger partial charge in [0.1, 0.15) is 11.3 Å². The number of pyridine rings is 1. The van der Waals surface area contributed by atoms with Gasteiger partial charge in [-0.1, -0.05) is 0 Å². The smallest absolute Gasteiger partial charge is 0.422 e. The van der Waals surface area contributed by atoms with E-state index >= 15 is 0 Å². The molecule has 0 aromatic carbocycles. The number of aromatic amines is 1. The van der Waals surface area contributed by atoms with Crippen molar-refractivity contribution in [1.82, 2.24) is 4.98 Å². The van der Waals surface area contributed by atoms with Gasteiger partial charge in [0.15, 0.2) is 5.43 Å². The number of aromatic nitrogens is 1. The Morgan fingerprint density at radius 1 is 1.43 bits per heavy atom. The molecule has 1 rings (SSSR count). The Morgan fingerprint density at radius 2 is 2.00 bits per heavy atom. The Morgan fingerprint density at radius 3 is 2.36 bits per heavy atom. The van der Waals surface area contributed by atoms with Gasteiger partial charge >= 0.3 is 12.1 Å². The third-order valence-electron chi connectivity index (χ3n) is 1.46. The lowest BCUT2D eigenvalue weighted by Gasteiger charge is -2.07. The molecule has 0 bridgehead atoms. The number of hydrogen-bond acceptors (Lipinski definition) is 2. The van der Waals surface area contributed by atoms with Gasteiger partial charge in [-0.2, -0.15) is 13.2 Å². The Hall–Kier alpha value is -1.79. The second-order valence-electron chi connectivity index (χ2n) is 2.39. The van der Waals surface area contributed by atoms with Crippen molar-refractivity contribution < 1.29 is 23.1 Å². The highest BCUT2D eigenvalue weighted by Crippen LogP contribution is 2.28. The molecular weight excluding hydrogens is 203 g/mol. The molecule has 7 heteroatoms. The number of aromatic carboxylic acids is 1. The number of carbonyl (C=O) groups is 1. The van der Waals surface area contributed by atoms with Crippen LogP contribution in [0.25, 0.3) is 0 Å². The molecule has 0 unspecified atom stereocenters. The lowest BCUT2D eigenvalue weighted by Crippen LogP contribution is -2.24. The third-order valence-corrected chi connectivity index (χ3v) is 1.46. The number of carboxylic acids is 1. The normalized spacial score (nSPS) is 11.4. The minimum absolute atomic E-state index is 0.620. The van der Waals surface area contributed by atoms with Gasteiger partial charge in [-0.05, 0) is 0 Å². The van der Waals surface area contributed by atoms with E-state index in [9.17, 15) is 22.8 Å². The van der Waals surface area contributed by atoms with Crippen LogP contribution in [0.3, 0.4) is 0 Å². The average molecular weight is 207 g/mol. The van der Waals surface area contributed by atoms with Crippen LogP contribution in [-0.2, 0) is 6.18 Å². The molecular formula is C7H4F3NO3. The predicted octanol–water partition coefficient (Wildman–Crippen LogP) is 1.09. The molecule has 0 aliphatic rings. The Labute approximate surface area is 75.0 Å². The topological polar surface area (TPSA) is 70.2 Å². The number of nitrogens with one attached hydrogen (secondary N) is 1. The van der Waals surface area contributed by atoms with Crippen LogP contribution in [0.1, 0.15) is 16.1 Å². The van der Waals surface area contributed by atoms with Gasteiger partial charge in [-0.15, -0.1) is 0 Å². The van der Waals surface area contributed by atoms with Crippen molar-refractivity contribution in [2.24, 2.45) is 0 Å². The molecule has 1 aromatic rings. The second kappa shape index (κ2) is 3.17. The summed E-state index contributed by atoms with van der Waals surface area (Å²) in [6, 6.07) is 0.620. The largest absolute Gasteiger partial charge is 0.477 e. The lowest BCUT2D eigenvalue weighted by atomic mass is 10.2. The molecule has 14 heavy (non-hydrogen) atoms. The van der Waals surface area contributed by atoms with Gasteiger partial charge in [-0.3, -0.25) is 4.79 Å². The van der Waals surface area contributed by atoms with Gasteiger partial charge < -0.3 is 10.1 Å². The summed E-state index contributed by atoms with van der Waals surface area (Å²) in [4.78, 5) is 23.0. The van der Waals surface area contributed by atoms with Crippen LogP contribution in [0, 0.1) is 0 Å². The van der Waals surface area contributed by atoms with Gasteiger partial charge in [-0.25, -0.2) is 4.79 Å². The Bertz CT molecular complexity index is 421. The highest BCUT2D eigenvalue weighted by atomic mass is 19.4. The molecule has 2 N–H and O–H groups in total. The van der Waals surface area contributed by atoms with E-state index in [2.05, 4.69) is 0 Å². The molecule has 0 saturated carbocycles. The molecule has 0 amide bonds. The van der Waals surface area contributed by atoms with Crippen molar-refractivity contribution >= 4 is 5.97 Å². The zero-order valence-corrected chi connectivity index (χ0v) is 6.55. The summed E-state index contributed by atoms with van der Waals surface area (Å²) in [5.41, 5.74) is -4.20. The van der Waals surface area contributed by atoms with Gasteiger partial charge in [0.25, 0.3) is 0 Å². The average Bonchev–Trinajstić information content (AvgIpc) is 2.01. The van der Waals surface area contributed by atoms with Crippen LogP contribution in [-0.4, -0.2) is 16.1 Å². The van der Waals surface area contributed by atoms with E-state index in [1.54, 1.807) is 0 Å². The number of H-pyrrole nitrogens is 1. The first-order valence-electron chi connectivity index (χ1n) is 3.36. The van der Waals surface area contributed by atoms with Crippen LogP contribution < -0.4 is 5.43 Å². The molecule has 0 aliphatic carbocycles. The summed E-state index contributed by atoms with van der Waals surface area (Å²) in [5.74, 6) is -1.82. The summed E-state index contributed by atoms with van der Waals surface area (Å²) in [7, 11) is 0. The van der Waals surface area contributed by atoms with Crippen LogP contribution in [0.4, 0.5) is 13.2 Å². The quantitative estimate of drug-likeness (QED) is 0.724. The summed E-state index contributed by atoms with van der Waals surface area (Å²) in [6.07, 6.45) is -4.12. The van der Waals surface area contributed by atoms with E-state index in [1.807, 2.05) is 4.98 Å². The second-order valence-corrected chi connectivity index (χ2v) is 2.39. The number of alkyl halides is 3. The summed E-state index contributed by atoms with van der Waals surface area (Å²) in [5, 5.41) is 8.38. The minimum Gasteiger partial charge on any atom is -0.477 e. The van der Waals surface area contributed by atoms with Crippen molar-refractivity contribution in [3.05, 3.63) is 33.7 Å². The third kappa shape index (κ3) is 1.76. The van der Waals surface area contributed by atoms with Crippen LogP contribution >= 0.6 is 0 Å². The molecule has 0 spiro atoms. The van der Waals surface area contributed by atoms with Gasteiger partial charge in [0.05, 0.1) is 0 Å². The summed E-state index contributed by atoms with van der Waals surface area (Å²) < 4.78 is 36.6. The molecule has 0 aliphatic heterocycles. The first kappa shape index (κ1) is 10.3. The molecule has 1 aromatic heterocycles. The van der Waals surface area contributed by atoms with Crippen molar-refractivity contribution in [2.45, 2.75) is 6.18 Å². The Kier molecular flexibility index (Phi) is 2.33. The molecule has 0 radical (unpaired) electrons. The highest BCUT2D eigenvalue weighted by Gasteiger charge is 2.38. The molecule has 4 nitrogen and oxygen atoms in total. The molecule has 0 fully saturated rings. The van der Waals surface area contributed by atoms with Gasteiger partial charge in [0.2, 0.25) is 0 Å². The van der Waals surface area contributed by atoms with Crippen molar-refractivity contribution in [3.63, 3.8) is 0 Å². The number of hydrogen-bond donors (Lipinski definition) is 2. The van der Waals surface area contributed by atoms with Crippen molar-refractivity contribution in [3.8, 4) is 0 Å². The maximum absolute atomic E-state index is 12.2. The molecule has 0 saturated heterocycles. The predicted molar refractivity (Wildman–Crippen MR) is 39.0 cm³/mol. The monoisotopic (exact) mass is 207 g/mol. The van der Waals surface area contributed by atoms with E-state index in [0.29, 0.717) is 6.07 Å². The summed E-state index contributed by atoms with van der Waals surface area (Å²) in [6.45, 7) is 0. The fourth-order valence-corrected chi connectivity index (χ4v) is 0.929. The number of halogens is 3. The Balaban J connectivity index is 3.54. The number of carboxylic acid groups (broad SMARTS) is 1. The van der Waals surface area contributed by atoms with Crippen molar-refractivity contribution in [1.29, 1.82) is 0 Å². The SMILES string of the molecule is O=C(O)c1[nH]ccc(=O)c1C(F)(F)F. The fraction of sp³-hybridized carbons (Fsp3) is 0.143. The van der Waals surface area contributed by atoms with Gasteiger partial charge in [0, 0.05) is 12.3 Å². The van der Waals surface area contributed by atoms with E-state index in [-0.39, 0.29) is 0 Å². The first-order chi connectivity index (χ1) is 6.34. The maximum atomic E-state index is 12.2. The van der Waals surface area contributed by atoms with Crippen molar-refractivity contribution in [2.75, 3.05) is 0 Å².